The number of benzene rings is 1. The minimum Gasteiger partial charge on any atom is -0.485 e. The molecule has 2 rings (SSSR count). The molecule has 0 aliphatic carbocycles. The lowest BCUT2D eigenvalue weighted by atomic mass is 10.0. The molecule has 0 amide bonds. The summed E-state index contributed by atoms with van der Waals surface area (Å²) >= 11 is 0. The number of nitro benzene ring substituents is 1. The number of hydrogen-bond acceptors (Lipinski definition) is 4. The Hall–Kier alpha value is -2.37. The third-order valence-corrected chi connectivity index (χ3v) is 2.50. The number of aliphatic carboxylic acids is 1. The summed E-state index contributed by atoms with van der Waals surface area (Å²) in [5.41, 5.74) is 0.399. The van der Waals surface area contributed by atoms with E-state index >= 15 is 0 Å². The van der Waals surface area contributed by atoms with E-state index in [-0.39, 0.29) is 11.3 Å². The average Bonchev–Trinajstić information content (AvgIpc) is 2.27. The van der Waals surface area contributed by atoms with Crippen molar-refractivity contribution in [1.82, 2.24) is 0 Å². The molecule has 0 bridgehead atoms. The molecule has 0 spiro atoms. The largest absolute Gasteiger partial charge is 0.485 e. The Morgan fingerprint density at radius 1 is 1.53 bits per heavy atom. The molecule has 1 heterocycles. The van der Waals surface area contributed by atoms with E-state index in [1.165, 1.54) is 24.3 Å². The van der Waals surface area contributed by atoms with Gasteiger partial charge in [-0.3, -0.25) is 10.1 Å². The van der Waals surface area contributed by atoms with Gasteiger partial charge < -0.3 is 9.84 Å². The summed E-state index contributed by atoms with van der Waals surface area (Å²) < 4.78 is 5.37. The summed E-state index contributed by atoms with van der Waals surface area (Å²) in [5.74, 6) is -0.636. The van der Waals surface area contributed by atoms with Gasteiger partial charge in [-0.2, -0.15) is 0 Å². The Balaban J connectivity index is 2.51. The molecule has 0 saturated carbocycles. The zero-order valence-corrected chi connectivity index (χ0v) is 8.91. The highest BCUT2D eigenvalue weighted by atomic mass is 16.6. The molecule has 0 fully saturated rings. The van der Waals surface area contributed by atoms with Crippen molar-refractivity contribution in [3.05, 3.63) is 39.4 Å². The number of carboxylic acid groups (broad SMARTS) is 1. The van der Waals surface area contributed by atoms with Gasteiger partial charge in [0, 0.05) is 17.7 Å². The zero-order valence-electron chi connectivity index (χ0n) is 8.91. The van der Waals surface area contributed by atoms with Crippen molar-refractivity contribution in [2.45, 2.75) is 13.0 Å². The average molecular weight is 235 g/mol. The first-order chi connectivity index (χ1) is 7.99. The minimum atomic E-state index is -1.09. The van der Waals surface area contributed by atoms with Gasteiger partial charge in [-0.1, -0.05) is 0 Å². The highest BCUT2D eigenvalue weighted by Gasteiger charge is 2.24. The van der Waals surface area contributed by atoms with Crippen molar-refractivity contribution in [3.8, 4) is 5.75 Å². The van der Waals surface area contributed by atoms with Crippen molar-refractivity contribution < 1.29 is 19.6 Å². The topological polar surface area (TPSA) is 89.7 Å². The van der Waals surface area contributed by atoms with E-state index in [1.54, 1.807) is 6.92 Å². The van der Waals surface area contributed by atoms with Crippen molar-refractivity contribution in [1.29, 1.82) is 0 Å². The molecule has 1 atom stereocenters. The maximum absolute atomic E-state index is 10.9. The molecular weight excluding hydrogens is 226 g/mol. The molecular formula is C11H9NO5. The highest BCUT2D eigenvalue weighted by Crippen LogP contribution is 2.32. The summed E-state index contributed by atoms with van der Waals surface area (Å²) in [6, 6.07) is 4.09. The summed E-state index contributed by atoms with van der Waals surface area (Å²) in [5, 5.41) is 19.5. The van der Waals surface area contributed by atoms with E-state index < -0.39 is 17.0 Å². The van der Waals surface area contributed by atoms with Crippen molar-refractivity contribution in [2.75, 3.05) is 0 Å². The summed E-state index contributed by atoms with van der Waals surface area (Å²) in [6.07, 6.45) is 0.834. The van der Waals surface area contributed by atoms with Crippen LogP contribution < -0.4 is 4.74 Å². The number of nitrogens with zero attached hydrogens (tertiary/aromatic N) is 1. The van der Waals surface area contributed by atoms with E-state index in [4.69, 9.17) is 9.84 Å². The fraction of sp³-hybridized carbons (Fsp3) is 0.182. The Morgan fingerprint density at radius 2 is 2.24 bits per heavy atom. The number of carbonyl (C=O) groups is 1. The molecule has 6 heteroatoms. The summed E-state index contributed by atoms with van der Waals surface area (Å²) in [6.45, 7) is 1.62. The molecule has 0 aromatic heterocycles. The molecule has 1 aliphatic rings. The van der Waals surface area contributed by atoms with Crippen LogP contribution in [0.5, 0.6) is 5.75 Å². The molecule has 6 nitrogen and oxygen atoms in total. The number of non-ortho nitro benzene ring substituents is 1. The van der Waals surface area contributed by atoms with Crippen molar-refractivity contribution >= 4 is 17.7 Å². The molecule has 88 valence electrons. The molecule has 17 heavy (non-hydrogen) atoms. The Kier molecular flexibility index (Phi) is 2.55. The number of rotatable bonds is 2. The zero-order chi connectivity index (χ0) is 12.6. The second-order valence-electron chi connectivity index (χ2n) is 3.64. The summed E-state index contributed by atoms with van der Waals surface area (Å²) in [7, 11) is 0. The normalized spacial score (nSPS) is 17.7. The first kappa shape index (κ1) is 11.1. The van der Waals surface area contributed by atoms with Crippen LogP contribution >= 0.6 is 0 Å². The Bertz CT molecular complexity index is 535. The van der Waals surface area contributed by atoms with Gasteiger partial charge in [0.1, 0.15) is 11.9 Å². The van der Waals surface area contributed by atoms with Crippen LogP contribution in [0.4, 0.5) is 5.69 Å². The van der Waals surface area contributed by atoms with Gasteiger partial charge in [0.05, 0.1) is 10.5 Å². The van der Waals surface area contributed by atoms with Crippen LogP contribution in [0, 0.1) is 10.1 Å². The lowest BCUT2D eigenvalue weighted by molar-refractivity contribution is -0.384. The smallest absolute Gasteiger partial charge is 0.335 e. The molecule has 1 aromatic carbocycles. The minimum absolute atomic E-state index is 0.0815. The predicted octanol–water partition coefficient (Wildman–Crippen LogP) is 1.84. The Labute approximate surface area is 96.3 Å². The molecule has 0 radical (unpaired) electrons. The molecule has 1 aromatic rings. The standard InChI is InChI=1S/C11H9NO5/c1-6-9(11(13)14)5-7-4-8(12(15)16)2-3-10(7)17-6/h2-6H,1H3,(H,13,14). The van der Waals surface area contributed by atoms with Gasteiger partial charge in [-0.15, -0.1) is 0 Å². The maximum atomic E-state index is 10.9. The van der Waals surface area contributed by atoms with E-state index in [0.29, 0.717) is 11.3 Å². The van der Waals surface area contributed by atoms with E-state index in [9.17, 15) is 14.9 Å². The summed E-state index contributed by atoms with van der Waals surface area (Å²) in [4.78, 5) is 21.0. The lowest BCUT2D eigenvalue weighted by Crippen LogP contribution is -2.24. The van der Waals surface area contributed by atoms with Crippen LogP contribution in [0.3, 0.4) is 0 Å². The van der Waals surface area contributed by atoms with E-state index in [0.717, 1.165) is 0 Å². The monoisotopic (exact) mass is 235 g/mol. The first-order valence-electron chi connectivity index (χ1n) is 4.89. The quantitative estimate of drug-likeness (QED) is 0.624. The maximum Gasteiger partial charge on any atom is 0.335 e. The van der Waals surface area contributed by atoms with Gasteiger partial charge in [0.15, 0.2) is 0 Å². The number of hydrogen-bond donors (Lipinski definition) is 1. The van der Waals surface area contributed by atoms with Gasteiger partial charge >= 0.3 is 5.97 Å². The fourth-order valence-electron chi connectivity index (χ4n) is 1.64. The van der Waals surface area contributed by atoms with Crippen molar-refractivity contribution in [2.24, 2.45) is 0 Å². The third-order valence-electron chi connectivity index (χ3n) is 2.50. The second kappa shape index (κ2) is 3.89. The number of fused-ring (bicyclic) bond motifs is 1. The SMILES string of the molecule is CC1Oc2ccc([N+](=O)[O-])cc2C=C1C(=O)O. The number of ether oxygens (including phenoxy) is 1. The Morgan fingerprint density at radius 3 is 2.82 bits per heavy atom. The van der Waals surface area contributed by atoms with E-state index in [2.05, 4.69) is 0 Å². The number of nitro groups is 1. The molecule has 1 unspecified atom stereocenters. The van der Waals surface area contributed by atoms with Crippen LogP contribution in [-0.4, -0.2) is 22.1 Å². The molecule has 0 saturated heterocycles. The van der Waals surface area contributed by atoms with Gasteiger partial charge in [0.25, 0.3) is 5.69 Å². The lowest BCUT2D eigenvalue weighted by Gasteiger charge is -2.21. The van der Waals surface area contributed by atoms with Crippen LogP contribution in [-0.2, 0) is 4.79 Å². The van der Waals surface area contributed by atoms with Crippen LogP contribution in [0.15, 0.2) is 23.8 Å². The van der Waals surface area contributed by atoms with Gasteiger partial charge in [-0.05, 0) is 19.1 Å². The molecule has 1 N–H and O–H groups in total. The second-order valence-corrected chi connectivity index (χ2v) is 3.64. The fourth-order valence-corrected chi connectivity index (χ4v) is 1.64. The van der Waals surface area contributed by atoms with E-state index in [1.807, 2.05) is 0 Å². The van der Waals surface area contributed by atoms with Gasteiger partial charge in [-0.25, -0.2) is 4.79 Å². The third kappa shape index (κ3) is 1.96. The van der Waals surface area contributed by atoms with Crippen LogP contribution in [0.25, 0.3) is 6.08 Å². The first-order valence-corrected chi connectivity index (χ1v) is 4.89. The van der Waals surface area contributed by atoms with Crippen LogP contribution in [0.1, 0.15) is 12.5 Å². The van der Waals surface area contributed by atoms with Crippen molar-refractivity contribution in [3.63, 3.8) is 0 Å². The molecule has 1 aliphatic heterocycles. The number of carboxylic acids is 1. The highest BCUT2D eigenvalue weighted by molar-refractivity contribution is 5.94. The van der Waals surface area contributed by atoms with Gasteiger partial charge in [0.2, 0.25) is 0 Å². The van der Waals surface area contributed by atoms with Crippen LogP contribution in [0.2, 0.25) is 0 Å². The predicted molar refractivity (Wildman–Crippen MR) is 58.8 cm³/mol.